The summed E-state index contributed by atoms with van der Waals surface area (Å²) in [7, 11) is 1.52. The highest BCUT2D eigenvalue weighted by atomic mass is 127. The highest BCUT2D eigenvalue weighted by Gasteiger charge is 2.14. The predicted molar refractivity (Wildman–Crippen MR) is 86.8 cm³/mol. The Balaban J connectivity index is 2.41. The number of anilines is 2. The van der Waals surface area contributed by atoms with Gasteiger partial charge in [-0.15, -0.1) is 0 Å². The molecule has 7 heteroatoms. The van der Waals surface area contributed by atoms with Crippen molar-refractivity contribution in [3.8, 4) is 11.8 Å². The number of methoxy groups -OCH3 is 1. The van der Waals surface area contributed by atoms with Gasteiger partial charge in [-0.05, 0) is 46.9 Å². The van der Waals surface area contributed by atoms with Crippen molar-refractivity contribution < 1.29 is 9.66 Å². The van der Waals surface area contributed by atoms with Crippen LogP contribution < -0.4 is 10.1 Å². The summed E-state index contributed by atoms with van der Waals surface area (Å²) in [5, 5.41) is 23.0. The molecule has 21 heavy (non-hydrogen) atoms. The topological polar surface area (TPSA) is 88.2 Å². The van der Waals surface area contributed by atoms with Gasteiger partial charge in [0.1, 0.15) is 11.8 Å². The summed E-state index contributed by atoms with van der Waals surface area (Å²) in [6, 6.07) is 11.9. The van der Waals surface area contributed by atoms with Crippen LogP contribution in [0.15, 0.2) is 36.4 Å². The molecule has 0 aliphatic carbocycles. The van der Waals surface area contributed by atoms with Gasteiger partial charge in [-0.25, -0.2) is 0 Å². The van der Waals surface area contributed by atoms with Crippen molar-refractivity contribution >= 4 is 39.7 Å². The molecule has 106 valence electrons. The Hall–Kier alpha value is -2.34. The second-order valence-electron chi connectivity index (χ2n) is 4.04. The quantitative estimate of drug-likeness (QED) is 0.483. The Kier molecular flexibility index (Phi) is 4.59. The lowest BCUT2D eigenvalue weighted by molar-refractivity contribution is -0.385. The predicted octanol–water partition coefficient (Wildman–Crippen LogP) is 3.82. The monoisotopic (exact) mass is 395 g/mol. The molecule has 6 nitrogen and oxygen atoms in total. The molecule has 0 fully saturated rings. The number of nitrogens with one attached hydrogen (secondary N) is 1. The van der Waals surface area contributed by atoms with Crippen LogP contribution in [-0.2, 0) is 0 Å². The van der Waals surface area contributed by atoms with E-state index >= 15 is 0 Å². The zero-order chi connectivity index (χ0) is 15.4. The Morgan fingerprint density at radius 1 is 1.38 bits per heavy atom. The number of nitrogens with zero attached hydrogens (tertiary/aromatic N) is 2. The van der Waals surface area contributed by atoms with Crippen molar-refractivity contribution in [3.05, 3.63) is 55.6 Å². The smallest absolute Gasteiger partial charge is 0.282 e. The molecule has 0 aliphatic heterocycles. The molecule has 2 aromatic rings. The minimum atomic E-state index is -0.435. The molecule has 0 aromatic heterocycles. The number of nitro groups is 1. The van der Waals surface area contributed by atoms with Crippen LogP contribution in [0.2, 0.25) is 0 Å². The van der Waals surface area contributed by atoms with Gasteiger partial charge in [0, 0.05) is 11.8 Å². The molecule has 1 N–H and O–H groups in total. The minimum absolute atomic E-state index is 0.0432. The van der Waals surface area contributed by atoms with Crippen LogP contribution in [-0.4, -0.2) is 12.0 Å². The Bertz CT molecular complexity index is 741. The van der Waals surface area contributed by atoms with Crippen molar-refractivity contribution in [1.82, 2.24) is 0 Å². The lowest BCUT2D eigenvalue weighted by Crippen LogP contribution is -1.99. The second kappa shape index (κ2) is 6.41. The molecule has 0 bridgehead atoms. The summed E-state index contributed by atoms with van der Waals surface area (Å²) in [5.74, 6) is 0.530. The van der Waals surface area contributed by atoms with E-state index in [1.807, 2.05) is 22.6 Å². The maximum atomic E-state index is 10.8. The third-order valence-corrected chi connectivity index (χ3v) is 3.64. The number of halogens is 1. The molecule has 0 unspecified atom stereocenters. The number of hydrogen-bond donors (Lipinski definition) is 1. The summed E-state index contributed by atoms with van der Waals surface area (Å²) in [6.07, 6.45) is 0. The van der Waals surface area contributed by atoms with E-state index in [-0.39, 0.29) is 5.69 Å². The number of nitriles is 1. The third-order valence-electron chi connectivity index (χ3n) is 2.78. The molecule has 0 aliphatic rings. The molecule has 2 rings (SSSR count). The highest BCUT2D eigenvalue weighted by molar-refractivity contribution is 14.1. The molecule has 0 atom stereocenters. The first-order valence-electron chi connectivity index (χ1n) is 5.85. The van der Waals surface area contributed by atoms with Gasteiger partial charge in [0.2, 0.25) is 0 Å². The maximum absolute atomic E-state index is 10.8. The molecule has 0 heterocycles. The molecule has 0 radical (unpaired) electrons. The fourth-order valence-electron chi connectivity index (χ4n) is 1.80. The summed E-state index contributed by atoms with van der Waals surface area (Å²) in [6.45, 7) is 0. The van der Waals surface area contributed by atoms with E-state index in [0.717, 1.165) is 0 Å². The zero-order valence-corrected chi connectivity index (χ0v) is 13.1. The van der Waals surface area contributed by atoms with Crippen molar-refractivity contribution in [2.75, 3.05) is 12.4 Å². The normalized spacial score (nSPS) is 9.76. The largest absolute Gasteiger partial charge is 0.495 e. The van der Waals surface area contributed by atoms with Crippen LogP contribution in [0, 0.1) is 25.0 Å². The van der Waals surface area contributed by atoms with E-state index in [2.05, 4.69) is 11.4 Å². The van der Waals surface area contributed by atoms with Crippen LogP contribution in [0.3, 0.4) is 0 Å². The average molecular weight is 395 g/mol. The van der Waals surface area contributed by atoms with E-state index in [1.165, 1.54) is 13.2 Å². The van der Waals surface area contributed by atoms with E-state index < -0.39 is 4.92 Å². The van der Waals surface area contributed by atoms with Gasteiger partial charge in [-0.1, -0.05) is 6.07 Å². The molecular formula is C14H10IN3O3. The van der Waals surface area contributed by atoms with E-state index in [9.17, 15) is 10.1 Å². The third kappa shape index (κ3) is 3.22. The van der Waals surface area contributed by atoms with Gasteiger partial charge in [0.15, 0.2) is 0 Å². The Morgan fingerprint density at radius 2 is 2.14 bits per heavy atom. The second-order valence-corrected chi connectivity index (χ2v) is 5.21. The van der Waals surface area contributed by atoms with Gasteiger partial charge >= 0.3 is 0 Å². The number of para-hydroxylation sites is 1. The van der Waals surface area contributed by atoms with Crippen LogP contribution in [0.1, 0.15) is 5.56 Å². The number of nitro benzene ring substituents is 1. The summed E-state index contributed by atoms with van der Waals surface area (Å²) >= 11 is 1.90. The number of ether oxygens (including phenoxy) is 1. The molecule has 0 spiro atoms. The lowest BCUT2D eigenvalue weighted by atomic mass is 10.1. The minimum Gasteiger partial charge on any atom is -0.495 e. The van der Waals surface area contributed by atoms with Gasteiger partial charge in [0.25, 0.3) is 5.69 Å². The first-order chi connectivity index (χ1) is 10.1. The maximum Gasteiger partial charge on any atom is 0.282 e. The molecule has 2 aromatic carbocycles. The fraction of sp³-hybridized carbons (Fsp3) is 0.0714. The Morgan fingerprint density at radius 3 is 2.71 bits per heavy atom. The van der Waals surface area contributed by atoms with Crippen molar-refractivity contribution in [2.24, 2.45) is 0 Å². The van der Waals surface area contributed by atoms with Gasteiger partial charge in [-0.2, -0.15) is 5.26 Å². The van der Waals surface area contributed by atoms with Crippen LogP contribution in [0.25, 0.3) is 0 Å². The number of rotatable bonds is 4. The van der Waals surface area contributed by atoms with E-state index in [0.29, 0.717) is 26.3 Å². The molecular weight excluding hydrogens is 385 g/mol. The van der Waals surface area contributed by atoms with Crippen molar-refractivity contribution in [1.29, 1.82) is 5.26 Å². The summed E-state index contributed by atoms with van der Waals surface area (Å²) < 4.78 is 5.74. The molecule has 0 saturated heterocycles. The zero-order valence-electron chi connectivity index (χ0n) is 11.0. The summed E-state index contributed by atoms with van der Waals surface area (Å²) in [5.41, 5.74) is 1.66. The van der Waals surface area contributed by atoms with Gasteiger partial charge in [0.05, 0.1) is 26.9 Å². The standard InChI is InChI=1S/C14H10IN3O3/c1-21-13-4-2-3-9(8-16)14(13)17-10-5-6-12(18(19)20)11(15)7-10/h2-7,17H,1H3. The van der Waals surface area contributed by atoms with Gasteiger partial charge < -0.3 is 10.1 Å². The molecule has 0 saturated carbocycles. The first kappa shape index (κ1) is 15.1. The van der Waals surface area contributed by atoms with E-state index in [1.54, 1.807) is 30.3 Å². The SMILES string of the molecule is COc1cccc(C#N)c1Nc1ccc([N+](=O)[O-])c(I)c1. The molecule has 0 amide bonds. The summed E-state index contributed by atoms with van der Waals surface area (Å²) in [4.78, 5) is 10.4. The van der Waals surface area contributed by atoms with Crippen LogP contribution in [0.4, 0.5) is 17.1 Å². The fourth-order valence-corrected chi connectivity index (χ4v) is 2.51. The van der Waals surface area contributed by atoms with Crippen molar-refractivity contribution in [3.63, 3.8) is 0 Å². The lowest BCUT2D eigenvalue weighted by Gasteiger charge is -2.12. The highest BCUT2D eigenvalue weighted by Crippen LogP contribution is 2.32. The van der Waals surface area contributed by atoms with Crippen LogP contribution in [0.5, 0.6) is 5.75 Å². The van der Waals surface area contributed by atoms with Crippen molar-refractivity contribution in [2.45, 2.75) is 0 Å². The van der Waals surface area contributed by atoms with Gasteiger partial charge in [-0.3, -0.25) is 10.1 Å². The number of hydrogen-bond acceptors (Lipinski definition) is 5. The number of benzene rings is 2. The first-order valence-corrected chi connectivity index (χ1v) is 6.92. The van der Waals surface area contributed by atoms with Crippen LogP contribution >= 0.6 is 22.6 Å². The Labute approximate surface area is 134 Å². The average Bonchev–Trinajstić information content (AvgIpc) is 2.47. The van der Waals surface area contributed by atoms with E-state index in [4.69, 9.17) is 10.00 Å².